The first-order valence-electron chi connectivity index (χ1n) is 6.18. The monoisotopic (exact) mass is 270 g/mol. The number of alkyl halides is 1. The van der Waals surface area contributed by atoms with Crippen molar-refractivity contribution in [2.75, 3.05) is 0 Å². The number of carboxylic acids is 1. The first kappa shape index (κ1) is 13.3. The van der Waals surface area contributed by atoms with E-state index in [1.165, 1.54) is 6.07 Å². The molecule has 0 heterocycles. The van der Waals surface area contributed by atoms with Crippen LogP contribution in [-0.4, -0.2) is 11.1 Å². The van der Waals surface area contributed by atoms with Gasteiger partial charge in [-0.25, -0.2) is 4.39 Å². The summed E-state index contributed by atoms with van der Waals surface area (Å²) in [5.41, 5.74) is 0.234. The Labute approximate surface area is 111 Å². The van der Waals surface area contributed by atoms with Crippen LogP contribution in [0, 0.1) is 0 Å². The second kappa shape index (κ2) is 5.27. The minimum Gasteiger partial charge on any atom is -0.481 e. The highest BCUT2D eigenvalue weighted by Crippen LogP contribution is 2.42. The van der Waals surface area contributed by atoms with Gasteiger partial charge in [-0.05, 0) is 30.0 Å². The summed E-state index contributed by atoms with van der Waals surface area (Å²) in [5, 5.41) is 9.93. The Kier molecular flexibility index (Phi) is 3.91. The van der Waals surface area contributed by atoms with Gasteiger partial charge >= 0.3 is 5.97 Å². The molecule has 1 aromatic rings. The third kappa shape index (κ3) is 2.24. The highest BCUT2D eigenvalue weighted by molar-refractivity contribution is 6.31. The van der Waals surface area contributed by atoms with E-state index in [-0.39, 0.29) is 0 Å². The van der Waals surface area contributed by atoms with Crippen molar-refractivity contribution in [1.29, 1.82) is 0 Å². The number of carboxylic acid groups (broad SMARTS) is 1. The van der Waals surface area contributed by atoms with Crippen LogP contribution >= 0.6 is 11.6 Å². The molecular weight excluding hydrogens is 255 g/mol. The number of halogens is 2. The third-order valence-electron chi connectivity index (χ3n) is 3.82. The van der Waals surface area contributed by atoms with Gasteiger partial charge in [0.1, 0.15) is 6.67 Å². The highest BCUT2D eigenvalue weighted by Gasteiger charge is 2.42. The van der Waals surface area contributed by atoms with Gasteiger partial charge in [0, 0.05) is 5.02 Å². The smallest absolute Gasteiger partial charge is 0.314 e. The first-order valence-corrected chi connectivity index (χ1v) is 6.56. The van der Waals surface area contributed by atoms with E-state index in [1.807, 2.05) is 0 Å². The van der Waals surface area contributed by atoms with Crippen molar-refractivity contribution in [2.45, 2.75) is 44.2 Å². The van der Waals surface area contributed by atoms with Gasteiger partial charge < -0.3 is 5.11 Å². The lowest BCUT2D eigenvalue weighted by molar-refractivity contribution is -0.145. The fourth-order valence-electron chi connectivity index (χ4n) is 2.78. The van der Waals surface area contributed by atoms with Crippen LogP contribution in [0.2, 0.25) is 5.02 Å². The predicted molar refractivity (Wildman–Crippen MR) is 68.7 cm³/mol. The molecule has 1 saturated carbocycles. The average molecular weight is 271 g/mol. The first-order chi connectivity index (χ1) is 8.60. The molecule has 18 heavy (non-hydrogen) atoms. The molecule has 0 aliphatic heterocycles. The third-order valence-corrected chi connectivity index (χ3v) is 4.13. The Morgan fingerprint density at radius 2 is 2.00 bits per heavy atom. The van der Waals surface area contributed by atoms with Crippen LogP contribution in [0.4, 0.5) is 4.39 Å². The fraction of sp³-hybridized carbons (Fsp3) is 0.500. The number of benzene rings is 1. The second-order valence-corrected chi connectivity index (χ2v) is 5.30. The minimum absolute atomic E-state index is 0.370. The summed E-state index contributed by atoms with van der Waals surface area (Å²) in [4.78, 5) is 11.7. The van der Waals surface area contributed by atoms with E-state index in [1.54, 1.807) is 12.1 Å². The zero-order valence-electron chi connectivity index (χ0n) is 10.1. The number of aliphatic carboxylic acids is 1. The van der Waals surface area contributed by atoms with Crippen LogP contribution in [0.25, 0.3) is 0 Å². The zero-order valence-corrected chi connectivity index (χ0v) is 10.8. The van der Waals surface area contributed by atoms with Crippen molar-refractivity contribution in [2.24, 2.45) is 0 Å². The molecule has 2 nitrogen and oxygen atoms in total. The fourth-order valence-corrected chi connectivity index (χ4v) is 3.17. The lowest BCUT2D eigenvalue weighted by Crippen LogP contribution is -2.38. The molecule has 0 aromatic heterocycles. The van der Waals surface area contributed by atoms with Crippen LogP contribution in [0.1, 0.15) is 43.2 Å². The molecule has 1 aliphatic carbocycles. The van der Waals surface area contributed by atoms with Crippen molar-refractivity contribution >= 4 is 17.6 Å². The van der Waals surface area contributed by atoms with Crippen molar-refractivity contribution in [3.05, 3.63) is 34.3 Å². The highest BCUT2D eigenvalue weighted by atomic mass is 35.5. The van der Waals surface area contributed by atoms with E-state index in [9.17, 15) is 14.3 Å². The molecule has 0 bridgehead atoms. The van der Waals surface area contributed by atoms with E-state index in [2.05, 4.69) is 0 Å². The maximum atomic E-state index is 12.6. The van der Waals surface area contributed by atoms with Gasteiger partial charge in [-0.2, -0.15) is 0 Å². The summed E-state index contributed by atoms with van der Waals surface area (Å²) in [7, 11) is 0. The Bertz CT molecular complexity index is 453. The molecule has 1 aliphatic rings. The lowest BCUT2D eigenvalue weighted by atomic mass is 9.69. The van der Waals surface area contributed by atoms with E-state index in [0.717, 1.165) is 19.3 Å². The van der Waals surface area contributed by atoms with Gasteiger partial charge in [-0.3, -0.25) is 4.79 Å². The molecule has 1 fully saturated rings. The van der Waals surface area contributed by atoms with Gasteiger partial charge in [0.25, 0.3) is 0 Å². The number of rotatable bonds is 3. The van der Waals surface area contributed by atoms with Crippen LogP contribution in [0.15, 0.2) is 18.2 Å². The summed E-state index contributed by atoms with van der Waals surface area (Å²) < 4.78 is 12.6. The normalized spacial score (nSPS) is 18.6. The SMILES string of the molecule is O=C(O)C1(c2ccc(CF)cc2Cl)CCCCC1. The molecule has 0 atom stereocenters. The standard InChI is InChI=1S/C14H16ClFO2/c15-12-8-10(9-16)4-5-11(12)14(13(17)18)6-2-1-3-7-14/h4-5,8H,1-3,6-7,9H2,(H,17,18). The van der Waals surface area contributed by atoms with Crippen LogP contribution in [0.3, 0.4) is 0 Å². The molecule has 0 spiro atoms. The summed E-state index contributed by atoms with van der Waals surface area (Å²) in [6, 6.07) is 4.84. The van der Waals surface area contributed by atoms with E-state index in [4.69, 9.17) is 11.6 Å². The summed E-state index contributed by atoms with van der Waals surface area (Å²) in [6.45, 7) is -0.583. The minimum atomic E-state index is -0.885. The van der Waals surface area contributed by atoms with Crippen LogP contribution < -0.4 is 0 Å². The van der Waals surface area contributed by atoms with Gasteiger partial charge in [0.05, 0.1) is 5.41 Å². The molecule has 98 valence electrons. The van der Waals surface area contributed by atoms with E-state index >= 15 is 0 Å². The van der Waals surface area contributed by atoms with Crippen molar-refractivity contribution in [1.82, 2.24) is 0 Å². The van der Waals surface area contributed by atoms with Gasteiger partial charge in [-0.1, -0.05) is 43.0 Å². The van der Waals surface area contributed by atoms with E-state index in [0.29, 0.717) is 29.0 Å². The Hall–Kier alpha value is -1.09. The molecule has 0 unspecified atom stereocenters. The van der Waals surface area contributed by atoms with Crippen LogP contribution in [0.5, 0.6) is 0 Å². The Morgan fingerprint density at radius 1 is 1.33 bits per heavy atom. The van der Waals surface area contributed by atoms with E-state index < -0.39 is 18.1 Å². The molecule has 1 N–H and O–H groups in total. The Morgan fingerprint density at radius 3 is 2.50 bits per heavy atom. The quantitative estimate of drug-likeness (QED) is 0.898. The molecule has 4 heteroatoms. The Balaban J connectivity index is 2.45. The average Bonchev–Trinajstić information content (AvgIpc) is 2.39. The number of hydrogen-bond donors (Lipinski definition) is 1. The lowest BCUT2D eigenvalue weighted by Gasteiger charge is -2.34. The van der Waals surface area contributed by atoms with Gasteiger partial charge in [-0.15, -0.1) is 0 Å². The second-order valence-electron chi connectivity index (χ2n) is 4.90. The number of hydrogen-bond acceptors (Lipinski definition) is 1. The molecule has 0 amide bonds. The molecule has 0 saturated heterocycles. The molecular formula is C14H16ClFO2. The number of carbonyl (C=O) groups is 1. The molecule has 0 radical (unpaired) electrons. The maximum absolute atomic E-state index is 12.6. The topological polar surface area (TPSA) is 37.3 Å². The maximum Gasteiger partial charge on any atom is 0.314 e. The van der Waals surface area contributed by atoms with Gasteiger partial charge in [0.15, 0.2) is 0 Å². The summed E-state index contributed by atoms with van der Waals surface area (Å²) >= 11 is 6.15. The summed E-state index contributed by atoms with van der Waals surface area (Å²) in [6.07, 6.45) is 4.07. The summed E-state index contributed by atoms with van der Waals surface area (Å²) in [5.74, 6) is -0.822. The van der Waals surface area contributed by atoms with Crippen molar-refractivity contribution in [3.63, 3.8) is 0 Å². The van der Waals surface area contributed by atoms with Crippen molar-refractivity contribution < 1.29 is 14.3 Å². The zero-order chi connectivity index (χ0) is 13.2. The largest absolute Gasteiger partial charge is 0.481 e. The predicted octanol–water partition coefficient (Wildman–Crippen LogP) is 4.10. The van der Waals surface area contributed by atoms with Crippen molar-refractivity contribution in [3.8, 4) is 0 Å². The van der Waals surface area contributed by atoms with Crippen LogP contribution in [-0.2, 0) is 16.9 Å². The molecule has 1 aromatic carbocycles. The van der Waals surface area contributed by atoms with Gasteiger partial charge in [0.2, 0.25) is 0 Å². The molecule has 2 rings (SSSR count).